The lowest BCUT2D eigenvalue weighted by Crippen LogP contribution is -2.50. The Hall–Kier alpha value is -2.33. The minimum atomic E-state index is -0.445. The second-order valence-electron chi connectivity index (χ2n) is 7.13. The van der Waals surface area contributed by atoms with Crippen molar-refractivity contribution in [1.82, 2.24) is 14.8 Å². The molecule has 1 fully saturated rings. The van der Waals surface area contributed by atoms with Crippen molar-refractivity contribution in [2.75, 3.05) is 44.6 Å². The van der Waals surface area contributed by atoms with E-state index < -0.39 is 5.60 Å². The van der Waals surface area contributed by atoms with Crippen LogP contribution in [0.2, 0.25) is 0 Å². The first kappa shape index (κ1) is 19.0. The van der Waals surface area contributed by atoms with Crippen molar-refractivity contribution in [3.05, 3.63) is 23.9 Å². The minimum Gasteiger partial charge on any atom is -0.444 e. The zero-order chi connectivity index (χ0) is 18.3. The number of ether oxygens (including phenoxy) is 1. The summed E-state index contributed by atoms with van der Waals surface area (Å²) in [4.78, 5) is 20.4. The summed E-state index contributed by atoms with van der Waals surface area (Å²) < 4.78 is 5.41. The number of piperazine rings is 1. The molecule has 2 heterocycles. The Balaban J connectivity index is 1.62. The summed E-state index contributed by atoms with van der Waals surface area (Å²) in [6, 6.07) is 5.63. The van der Waals surface area contributed by atoms with Crippen LogP contribution in [-0.4, -0.2) is 65.7 Å². The number of nitrogens with zero attached hydrogens (tertiary/aromatic N) is 4. The molecule has 1 amide bonds. The van der Waals surface area contributed by atoms with Crippen LogP contribution in [0.5, 0.6) is 0 Å². The molecular weight excluding hydrogens is 318 g/mol. The van der Waals surface area contributed by atoms with Crippen LogP contribution < -0.4 is 5.32 Å². The van der Waals surface area contributed by atoms with Crippen LogP contribution in [0.15, 0.2) is 18.3 Å². The molecule has 7 heteroatoms. The van der Waals surface area contributed by atoms with E-state index >= 15 is 0 Å². The normalized spacial score (nSPS) is 15.5. The van der Waals surface area contributed by atoms with Gasteiger partial charge in [-0.15, -0.1) is 0 Å². The number of nitrogens with one attached hydrogen (secondary N) is 1. The first-order valence-corrected chi connectivity index (χ1v) is 8.68. The number of carbonyl (C=O) groups is 1. The molecule has 25 heavy (non-hydrogen) atoms. The molecule has 0 saturated carbocycles. The van der Waals surface area contributed by atoms with Crippen LogP contribution in [-0.2, 0) is 4.74 Å². The quantitative estimate of drug-likeness (QED) is 0.825. The number of carbonyl (C=O) groups excluding carboxylic acids is 1. The van der Waals surface area contributed by atoms with Crippen LogP contribution in [0.25, 0.3) is 0 Å². The fourth-order valence-electron chi connectivity index (χ4n) is 2.56. The largest absolute Gasteiger partial charge is 0.444 e. The fourth-order valence-corrected chi connectivity index (χ4v) is 2.56. The molecule has 1 aromatic rings. The van der Waals surface area contributed by atoms with Gasteiger partial charge in [-0.1, -0.05) is 0 Å². The summed E-state index contributed by atoms with van der Waals surface area (Å²) in [5.41, 5.74) is 0.118. The van der Waals surface area contributed by atoms with E-state index in [1.54, 1.807) is 17.2 Å². The second kappa shape index (κ2) is 8.67. The molecule has 0 atom stereocenters. The molecule has 0 spiro atoms. The van der Waals surface area contributed by atoms with E-state index in [-0.39, 0.29) is 6.09 Å². The van der Waals surface area contributed by atoms with Crippen molar-refractivity contribution in [3.8, 4) is 6.07 Å². The molecule has 1 N–H and O–H groups in total. The number of nitriles is 1. The van der Waals surface area contributed by atoms with Crippen molar-refractivity contribution < 1.29 is 9.53 Å². The average Bonchev–Trinajstić information content (AvgIpc) is 2.58. The van der Waals surface area contributed by atoms with Gasteiger partial charge in [0, 0.05) is 38.9 Å². The smallest absolute Gasteiger partial charge is 0.410 e. The minimum absolute atomic E-state index is 0.222. The predicted molar refractivity (Wildman–Crippen MR) is 96.3 cm³/mol. The summed E-state index contributed by atoms with van der Waals surface area (Å²) >= 11 is 0. The Labute approximate surface area is 149 Å². The molecule has 7 nitrogen and oxygen atoms in total. The van der Waals surface area contributed by atoms with Crippen molar-refractivity contribution in [2.24, 2.45) is 0 Å². The van der Waals surface area contributed by atoms with E-state index in [0.29, 0.717) is 18.7 Å². The highest BCUT2D eigenvalue weighted by Gasteiger charge is 2.25. The van der Waals surface area contributed by atoms with E-state index in [1.165, 1.54) is 0 Å². The van der Waals surface area contributed by atoms with Gasteiger partial charge in [-0.25, -0.2) is 9.78 Å². The van der Waals surface area contributed by atoms with Gasteiger partial charge in [-0.2, -0.15) is 5.26 Å². The van der Waals surface area contributed by atoms with E-state index in [2.05, 4.69) is 21.3 Å². The van der Waals surface area contributed by atoms with E-state index in [9.17, 15) is 4.79 Å². The lowest BCUT2D eigenvalue weighted by Gasteiger charge is -2.35. The summed E-state index contributed by atoms with van der Waals surface area (Å²) in [6.45, 7) is 10.6. The molecule has 1 aromatic heterocycles. The molecule has 0 unspecified atom stereocenters. The van der Waals surface area contributed by atoms with E-state index in [0.717, 1.165) is 38.4 Å². The lowest BCUT2D eigenvalue weighted by molar-refractivity contribution is 0.0145. The van der Waals surface area contributed by atoms with Crippen molar-refractivity contribution in [2.45, 2.75) is 32.8 Å². The summed E-state index contributed by atoms with van der Waals surface area (Å²) in [6.07, 6.45) is 2.34. The first-order chi connectivity index (χ1) is 11.9. The van der Waals surface area contributed by atoms with Crippen molar-refractivity contribution in [3.63, 3.8) is 0 Å². The highest BCUT2D eigenvalue weighted by Crippen LogP contribution is 2.12. The maximum absolute atomic E-state index is 12.0. The Morgan fingerprint density at radius 2 is 2.04 bits per heavy atom. The van der Waals surface area contributed by atoms with Gasteiger partial charge in [0.1, 0.15) is 17.5 Å². The SMILES string of the molecule is CC(C)(C)OC(=O)N1CCN(CCCNc2ccc(C#N)cn2)CC1. The molecule has 2 rings (SSSR count). The van der Waals surface area contributed by atoms with Gasteiger partial charge in [0.05, 0.1) is 5.56 Å². The van der Waals surface area contributed by atoms with Gasteiger partial charge in [-0.05, 0) is 45.9 Å². The number of pyridine rings is 1. The number of aromatic nitrogens is 1. The Kier molecular flexibility index (Phi) is 6.59. The average molecular weight is 345 g/mol. The van der Waals surface area contributed by atoms with E-state index in [4.69, 9.17) is 10.00 Å². The topological polar surface area (TPSA) is 81.5 Å². The predicted octanol–water partition coefficient (Wildman–Crippen LogP) is 2.31. The highest BCUT2D eigenvalue weighted by atomic mass is 16.6. The zero-order valence-electron chi connectivity index (χ0n) is 15.3. The molecule has 0 radical (unpaired) electrons. The van der Waals surface area contributed by atoms with E-state index in [1.807, 2.05) is 26.8 Å². The second-order valence-corrected chi connectivity index (χ2v) is 7.13. The molecule has 1 saturated heterocycles. The Morgan fingerprint density at radius 3 is 2.60 bits per heavy atom. The molecule has 0 aliphatic carbocycles. The Bertz CT molecular complexity index is 595. The van der Waals surface area contributed by atoms with Gasteiger partial charge in [0.25, 0.3) is 0 Å². The van der Waals surface area contributed by atoms with Crippen LogP contribution in [0.4, 0.5) is 10.6 Å². The zero-order valence-corrected chi connectivity index (χ0v) is 15.3. The van der Waals surface area contributed by atoms with Crippen LogP contribution in [0.1, 0.15) is 32.8 Å². The number of hydrogen-bond acceptors (Lipinski definition) is 6. The third-order valence-electron chi connectivity index (χ3n) is 3.87. The van der Waals surface area contributed by atoms with Crippen molar-refractivity contribution >= 4 is 11.9 Å². The van der Waals surface area contributed by atoms with Crippen LogP contribution in [0.3, 0.4) is 0 Å². The molecule has 0 bridgehead atoms. The fraction of sp³-hybridized carbons (Fsp3) is 0.611. The summed E-state index contributed by atoms with van der Waals surface area (Å²) in [5.74, 6) is 0.786. The molecule has 136 valence electrons. The van der Waals surface area contributed by atoms with Crippen LogP contribution in [0, 0.1) is 11.3 Å². The maximum atomic E-state index is 12.0. The third kappa shape index (κ3) is 6.59. The monoisotopic (exact) mass is 345 g/mol. The van der Waals surface area contributed by atoms with Gasteiger partial charge < -0.3 is 15.0 Å². The van der Waals surface area contributed by atoms with Gasteiger partial charge in [0.15, 0.2) is 0 Å². The lowest BCUT2D eigenvalue weighted by atomic mass is 10.2. The number of amides is 1. The molecular formula is C18H27N5O2. The first-order valence-electron chi connectivity index (χ1n) is 8.68. The van der Waals surface area contributed by atoms with Gasteiger partial charge >= 0.3 is 6.09 Å². The molecule has 0 aromatic carbocycles. The molecule has 1 aliphatic rings. The number of anilines is 1. The molecule has 1 aliphatic heterocycles. The maximum Gasteiger partial charge on any atom is 0.410 e. The number of hydrogen-bond donors (Lipinski definition) is 1. The summed E-state index contributed by atoms with van der Waals surface area (Å²) in [5, 5.41) is 12.0. The standard InChI is InChI=1S/C18H27N5O2/c1-18(2,3)25-17(24)23-11-9-22(10-12-23)8-4-7-20-16-6-5-15(13-19)14-21-16/h5-6,14H,4,7-12H2,1-3H3,(H,20,21). The third-order valence-corrected chi connectivity index (χ3v) is 3.87. The highest BCUT2D eigenvalue weighted by molar-refractivity contribution is 5.68. The summed E-state index contributed by atoms with van der Waals surface area (Å²) in [7, 11) is 0. The van der Waals surface area contributed by atoms with Crippen molar-refractivity contribution in [1.29, 1.82) is 5.26 Å². The van der Waals surface area contributed by atoms with Crippen LogP contribution >= 0.6 is 0 Å². The van der Waals surface area contributed by atoms with Gasteiger partial charge in [0.2, 0.25) is 0 Å². The van der Waals surface area contributed by atoms with Gasteiger partial charge in [-0.3, -0.25) is 4.90 Å². The Morgan fingerprint density at radius 1 is 1.32 bits per heavy atom. The number of rotatable bonds is 5.